The molecule has 2 amide bonds. The minimum atomic E-state index is -0.157. The first-order valence-electron chi connectivity index (χ1n) is 7.35. The van der Waals surface area contributed by atoms with Gasteiger partial charge in [-0.1, -0.05) is 12.1 Å². The Hall–Kier alpha value is -1.24. The summed E-state index contributed by atoms with van der Waals surface area (Å²) < 4.78 is 0. The fraction of sp³-hybridized carbons (Fsp3) is 0.533. The lowest BCUT2D eigenvalue weighted by molar-refractivity contribution is 0.247. The van der Waals surface area contributed by atoms with Crippen molar-refractivity contribution in [2.75, 3.05) is 43.0 Å². The largest absolute Gasteiger partial charge is 0.337 e. The van der Waals surface area contributed by atoms with Gasteiger partial charge in [-0.05, 0) is 24.6 Å². The molecule has 6 heteroatoms. The van der Waals surface area contributed by atoms with E-state index in [4.69, 9.17) is 5.73 Å². The number of hydrogen-bond donors (Lipinski definition) is 3. The minimum absolute atomic E-state index is 0.00980. The zero-order valence-corrected chi connectivity index (χ0v) is 13.3. The average Bonchev–Trinajstić information content (AvgIpc) is 2.49. The van der Waals surface area contributed by atoms with Crippen LogP contribution >= 0.6 is 11.8 Å². The van der Waals surface area contributed by atoms with E-state index in [0.29, 0.717) is 6.54 Å². The van der Waals surface area contributed by atoms with E-state index in [2.05, 4.69) is 15.5 Å². The maximum atomic E-state index is 11.8. The Labute approximate surface area is 130 Å². The van der Waals surface area contributed by atoms with Crippen molar-refractivity contribution in [3.05, 3.63) is 29.8 Å². The van der Waals surface area contributed by atoms with E-state index in [0.717, 1.165) is 30.9 Å². The van der Waals surface area contributed by atoms with E-state index >= 15 is 0 Å². The second-order valence-corrected chi connectivity index (χ2v) is 6.47. The van der Waals surface area contributed by atoms with E-state index in [9.17, 15) is 4.79 Å². The highest BCUT2D eigenvalue weighted by molar-refractivity contribution is 7.99. The summed E-state index contributed by atoms with van der Waals surface area (Å²) >= 11 is 1.99. The monoisotopic (exact) mass is 308 g/mol. The van der Waals surface area contributed by atoms with Crippen molar-refractivity contribution in [1.82, 2.24) is 10.2 Å². The lowest BCUT2D eigenvalue weighted by Gasteiger charge is -2.26. The smallest absolute Gasteiger partial charge is 0.319 e. The Bertz CT molecular complexity index is 443. The van der Waals surface area contributed by atoms with Gasteiger partial charge in [-0.2, -0.15) is 11.8 Å². The summed E-state index contributed by atoms with van der Waals surface area (Å²) in [5, 5.41) is 5.72. The van der Waals surface area contributed by atoms with Crippen LogP contribution in [-0.2, 0) is 0 Å². The maximum Gasteiger partial charge on any atom is 0.319 e. The highest BCUT2D eigenvalue weighted by atomic mass is 32.2. The summed E-state index contributed by atoms with van der Waals surface area (Å²) in [7, 11) is 0. The second-order valence-electron chi connectivity index (χ2n) is 5.25. The van der Waals surface area contributed by atoms with Gasteiger partial charge in [-0.3, -0.25) is 4.90 Å². The van der Waals surface area contributed by atoms with E-state index in [1.807, 2.05) is 43.0 Å². The van der Waals surface area contributed by atoms with Crippen LogP contribution in [-0.4, -0.2) is 48.6 Å². The molecule has 116 valence electrons. The number of rotatable bonds is 5. The molecule has 1 heterocycles. The Balaban J connectivity index is 1.68. The summed E-state index contributed by atoms with van der Waals surface area (Å²) in [6.07, 6.45) is 0. The molecule has 1 atom stereocenters. The van der Waals surface area contributed by atoms with Crippen molar-refractivity contribution in [2.45, 2.75) is 13.0 Å². The Kier molecular flexibility index (Phi) is 6.35. The Morgan fingerprint density at radius 3 is 2.62 bits per heavy atom. The molecule has 1 aliphatic heterocycles. The summed E-state index contributed by atoms with van der Waals surface area (Å²) in [5.41, 5.74) is 7.64. The first kappa shape index (κ1) is 16.1. The van der Waals surface area contributed by atoms with Gasteiger partial charge >= 0.3 is 6.03 Å². The Morgan fingerprint density at radius 2 is 2.00 bits per heavy atom. The lowest BCUT2D eigenvalue weighted by Crippen LogP contribution is -2.40. The highest BCUT2D eigenvalue weighted by Gasteiger charge is 2.10. The third-order valence-corrected chi connectivity index (χ3v) is 4.45. The molecule has 0 bridgehead atoms. The molecule has 1 aromatic rings. The first-order valence-corrected chi connectivity index (χ1v) is 8.51. The van der Waals surface area contributed by atoms with Crippen LogP contribution in [0.3, 0.4) is 0 Å². The number of nitrogens with one attached hydrogen (secondary N) is 2. The topological polar surface area (TPSA) is 70.4 Å². The number of urea groups is 1. The molecule has 1 unspecified atom stereocenters. The molecular formula is C15H24N4OS. The normalized spacial score (nSPS) is 17.2. The van der Waals surface area contributed by atoms with E-state index < -0.39 is 0 Å². The molecule has 0 aromatic heterocycles. The van der Waals surface area contributed by atoms with Gasteiger partial charge in [-0.15, -0.1) is 0 Å². The highest BCUT2D eigenvalue weighted by Crippen LogP contribution is 2.14. The third kappa shape index (κ3) is 5.57. The average molecular weight is 308 g/mol. The second kappa shape index (κ2) is 8.26. The van der Waals surface area contributed by atoms with Crippen molar-refractivity contribution in [2.24, 2.45) is 5.73 Å². The molecule has 0 aliphatic carbocycles. The number of anilines is 1. The van der Waals surface area contributed by atoms with Gasteiger partial charge in [0.1, 0.15) is 0 Å². The molecular weight excluding hydrogens is 284 g/mol. The molecule has 5 nitrogen and oxygen atoms in total. The molecule has 0 spiro atoms. The van der Waals surface area contributed by atoms with Gasteiger partial charge < -0.3 is 16.4 Å². The van der Waals surface area contributed by atoms with Crippen molar-refractivity contribution >= 4 is 23.5 Å². The number of benzene rings is 1. The molecule has 4 N–H and O–H groups in total. The van der Waals surface area contributed by atoms with Crippen LogP contribution in [0.5, 0.6) is 0 Å². The zero-order chi connectivity index (χ0) is 15.1. The number of nitrogens with two attached hydrogens (primary N) is 1. The van der Waals surface area contributed by atoms with Crippen LogP contribution in [0.2, 0.25) is 0 Å². The molecule has 1 saturated heterocycles. The number of carbonyl (C=O) groups is 1. The maximum absolute atomic E-state index is 11.8. The number of thioether (sulfide) groups is 1. The fourth-order valence-electron chi connectivity index (χ4n) is 2.20. The predicted molar refractivity (Wildman–Crippen MR) is 89.8 cm³/mol. The van der Waals surface area contributed by atoms with Crippen LogP contribution in [0.1, 0.15) is 18.5 Å². The number of nitrogens with zero attached hydrogens (tertiary/aromatic N) is 1. The van der Waals surface area contributed by atoms with E-state index in [1.54, 1.807) is 0 Å². The van der Waals surface area contributed by atoms with Gasteiger partial charge in [-0.25, -0.2) is 4.79 Å². The first-order chi connectivity index (χ1) is 10.1. The number of carbonyl (C=O) groups excluding carboxylic acids is 1. The lowest BCUT2D eigenvalue weighted by atomic mass is 10.1. The molecule has 1 aromatic carbocycles. The minimum Gasteiger partial charge on any atom is -0.337 e. The zero-order valence-electron chi connectivity index (χ0n) is 12.5. The quantitative estimate of drug-likeness (QED) is 0.777. The molecule has 1 fully saturated rings. The van der Waals surface area contributed by atoms with E-state index in [1.165, 1.54) is 11.5 Å². The Morgan fingerprint density at radius 1 is 1.33 bits per heavy atom. The van der Waals surface area contributed by atoms with Crippen molar-refractivity contribution < 1.29 is 4.79 Å². The van der Waals surface area contributed by atoms with Crippen LogP contribution < -0.4 is 16.4 Å². The molecule has 0 saturated carbocycles. The van der Waals surface area contributed by atoms with Gasteiger partial charge in [0.25, 0.3) is 0 Å². The van der Waals surface area contributed by atoms with Crippen molar-refractivity contribution in [1.29, 1.82) is 0 Å². The van der Waals surface area contributed by atoms with E-state index in [-0.39, 0.29) is 12.1 Å². The van der Waals surface area contributed by atoms with Gasteiger partial charge in [0, 0.05) is 49.4 Å². The number of hydrogen-bond acceptors (Lipinski definition) is 4. The predicted octanol–water partition coefficient (Wildman–Crippen LogP) is 1.88. The summed E-state index contributed by atoms with van der Waals surface area (Å²) in [5.74, 6) is 2.39. The van der Waals surface area contributed by atoms with Gasteiger partial charge in [0.2, 0.25) is 0 Å². The van der Waals surface area contributed by atoms with Crippen LogP contribution in [0.4, 0.5) is 10.5 Å². The molecule has 1 aliphatic rings. The SMILES string of the molecule is CC(N)c1ccc(NC(=O)NCCN2CCSCC2)cc1. The fourth-order valence-corrected chi connectivity index (χ4v) is 3.18. The summed E-state index contributed by atoms with van der Waals surface area (Å²) in [6, 6.07) is 7.47. The van der Waals surface area contributed by atoms with Crippen LogP contribution in [0.25, 0.3) is 0 Å². The molecule has 0 radical (unpaired) electrons. The number of amides is 2. The van der Waals surface area contributed by atoms with Gasteiger partial charge in [0.15, 0.2) is 0 Å². The molecule has 2 rings (SSSR count). The van der Waals surface area contributed by atoms with Crippen molar-refractivity contribution in [3.8, 4) is 0 Å². The summed E-state index contributed by atoms with van der Waals surface area (Å²) in [4.78, 5) is 14.2. The standard InChI is InChI=1S/C15H24N4OS/c1-12(16)13-2-4-14(5-3-13)18-15(20)17-6-7-19-8-10-21-11-9-19/h2-5,12H,6-11,16H2,1H3,(H2,17,18,20). The van der Waals surface area contributed by atoms with Crippen LogP contribution in [0.15, 0.2) is 24.3 Å². The van der Waals surface area contributed by atoms with Gasteiger partial charge in [0.05, 0.1) is 0 Å². The molecule has 21 heavy (non-hydrogen) atoms. The third-order valence-electron chi connectivity index (χ3n) is 3.51. The van der Waals surface area contributed by atoms with Crippen LogP contribution in [0, 0.1) is 0 Å². The summed E-state index contributed by atoms with van der Waals surface area (Å²) in [6.45, 7) is 5.76. The van der Waals surface area contributed by atoms with Crippen molar-refractivity contribution in [3.63, 3.8) is 0 Å².